The average molecular weight is 471 g/mol. The zero-order valence-corrected chi connectivity index (χ0v) is 19.9. The minimum absolute atomic E-state index is 0.639. The van der Waals surface area contributed by atoms with Gasteiger partial charge in [0.25, 0.3) is 0 Å². The maximum Gasteiger partial charge on any atom is 0.135 e. The number of pyridine rings is 1. The zero-order valence-electron chi connectivity index (χ0n) is 19.9. The Morgan fingerprint density at radius 3 is 2.66 bits per heavy atom. The van der Waals surface area contributed by atoms with Crippen LogP contribution in [-0.4, -0.2) is 49.3 Å². The normalized spacial score (nSPS) is 14.1. The van der Waals surface area contributed by atoms with E-state index < -0.39 is 0 Å². The van der Waals surface area contributed by atoms with Crippen molar-refractivity contribution in [3.63, 3.8) is 0 Å². The van der Waals surface area contributed by atoms with Crippen LogP contribution in [-0.2, 0) is 4.74 Å². The van der Waals surface area contributed by atoms with Crippen LogP contribution in [0.15, 0.2) is 72.9 Å². The number of anilines is 3. The lowest BCUT2D eigenvalue weighted by atomic mass is 10.1. The first-order chi connectivity index (χ1) is 17.1. The predicted molar refractivity (Wildman–Crippen MR) is 140 cm³/mol. The summed E-state index contributed by atoms with van der Waals surface area (Å²) in [7, 11) is 0. The molecule has 3 N–H and O–H groups in total. The Labute approximate surface area is 205 Å². The molecule has 4 aromatic rings. The van der Waals surface area contributed by atoms with Gasteiger partial charge in [0.1, 0.15) is 29.7 Å². The number of morpholine rings is 1. The van der Waals surface area contributed by atoms with Crippen molar-refractivity contribution in [2.75, 3.05) is 50.5 Å². The van der Waals surface area contributed by atoms with E-state index in [9.17, 15) is 0 Å². The number of hydrogen-bond acceptors (Lipinski definition) is 7. The van der Waals surface area contributed by atoms with E-state index in [1.165, 1.54) is 0 Å². The zero-order chi connectivity index (χ0) is 24.0. The molecule has 1 aromatic heterocycles. The van der Waals surface area contributed by atoms with Crippen molar-refractivity contribution in [1.82, 2.24) is 9.88 Å². The van der Waals surface area contributed by atoms with Gasteiger partial charge in [-0.1, -0.05) is 24.3 Å². The van der Waals surface area contributed by atoms with E-state index in [1.807, 2.05) is 60.7 Å². The minimum atomic E-state index is 0.639. The Morgan fingerprint density at radius 2 is 1.80 bits per heavy atom. The van der Waals surface area contributed by atoms with Crippen LogP contribution in [0.2, 0.25) is 0 Å². The first kappa shape index (κ1) is 23.0. The lowest BCUT2D eigenvalue weighted by Gasteiger charge is -2.26. The third kappa shape index (κ3) is 5.82. The summed E-state index contributed by atoms with van der Waals surface area (Å²) < 4.78 is 17.7. The lowest BCUT2D eigenvalue weighted by molar-refractivity contribution is 0.0322. The van der Waals surface area contributed by atoms with E-state index in [4.69, 9.17) is 19.9 Å². The number of ether oxygens (including phenoxy) is 3. The molecule has 0 spiro atoms. The molecule has 1 aliphatic rings. The number of aryl methyl sites for hydroxylation is 1. The molecular weight excluding hydrogens is 440 g/mol. The second-order valence-electron chi connectivity index (χ2n) is 8.64. The van der Waals surface area contributed by atoms with Crippen LogP contribution < -0.4 is 20.5 Å². The molecule has 0 bridgehead atoms. The summed E-state index contributed by atoms with van der Waals surface area (Å²) in [6.07, 6.45) is 1.73. The highest BCUT2D eigenvalue weighted by atomic mass is 16.5. The van der Waals surface area contributed by atoms with Crippen molar-refractivity contribution in [2.24, 2.45) is 0 Å². The van der Waals surface area contributed by atoms with Gasteiger partial charge in [-0.25, -0.2) is 4.98 Å². The topological polar surface area (TPSA) is 81.9 Å². The molecule has 180 valence electrons. The van der Waals surface area contributed by atoms with E-state index in [0.717, 1.165) is 72.1 Å². The van der Waals surface area contributed by atoms with Gasteiger partial charge in [-0.15, -0.1) is 0 Å². The number of aromatic nitrogens is 1. The summed E-state index contributed by atoms with van der Waals surface area (Å²) in [6, 6.07) is 21.5. The molecule has 3 aromatic carbocycles. The monoisotopic (exact) mass is 470 g/mol. The molecular formula is C28H30N4O3. The Kier molecular flexibility index (Phi) is 6.97. The first-order valence-electron chi connectivity index (χ1n) is 11.9. The fraction of sp³-hybridized carbons (Fsp3) is 0.250. The molecule has 0 unspecified atom stereocenters. The molecule has 1 saturated heterocycles. The van der Waals surface area contributed by atoms with Crippen molar-refractivity contribution < 1.29 is 14.2 Å². The molecule has 0 radical (unpaired) electrons. The van der Waals surface area contributed by atoms with E-state index in [0.29, 0.717) is 18.2 Å². The minimum Gasteiger partial charge on any atom is -0.492 e. The van der Waals surface area contributed by atoms with Gasteiger partial charge in [0.05, 0.1) is 13.2 Å². The molecule has 7 heteroatoms. The first-order valence-corrected chi connectivity index (χ1v) is 11.9. The van der Waals surface area contributed by atoms with Crippen molar-refractivity contribution in [3.8, 4) is 17.2 Å². The van der Waals surface area contributed by atoms with Crippen LogP contribution >= 0.6 is 0 Å². The Bertz CT molecular complexity index is 1300. The molecule has 0 atom stereocenters. The summed E-state index contributed by atoms with van der Waals surface area (Å²) in [5.41, 5.74) is 8.88. The molecule has 0 aliphatic carbocycles. The van der Waals surface area contributed by atoms with Crippen LogP contribution in [0.3, 0.4) is 0 Å². The third-order valence-electron chi connectivity index (χ3n) is 5.98. The number of nitrogens with zero attached hydrogens (tertiary/aromatic N) is 2. The largest absolute Gasteiger partial charge is 0.492 e. The molecule has 1 fully saturated rings. The predicted octanol–water partition coefficient (Wildman–Crippen LogP) is 5.37. The standard InChI is InChI=1S/C28H30N4O3/c1-20-16-21(18-23(17-20)34-15-12-32-10-13-33-14-11-32)31-28-19-22(8-9-30-28)35-27-7-6-26(29)24-4-2-3-5-25(24)27/h2-9,16-19H,10-15,29H2,1H3,(H,30,31). The van der Waals surface area contributed by atoms with Crippen molar-refractivity contribution in [2.45, 2.75) is 6.92 Å². The van der Waals surface area contributed by atoms with Gasteiger partial charge in [-0.2, -0.15) is 0 Å². The van der Waals surface area contributed by atoms with Crippen LogP contribution in [0.5, 0.6) is 17.2 Å². The van der Waals surface area contributed by atoms with Gasteiger partial charge in [-0.05, 0) is 42.8 Å². The number of nitrogens with two attached hydrogens (primary N) is 1. The van der Waals surface area contributed by atoms with Gasteiger partial charge in [0.15, 0.2) is 0 Å². The van der Waals surface area contributed by atoms with Crippen LogP contribution in [0.4, 0.5) is 17.2 Å². The van der Waals surface area contributed by atoms with Crippen molar-refractivity contribution in [3.05, 3.63) is 78.5 Å². The van der Waals surface area contributed by atoms with Crippen LogP contribution in [0, 0.1) is 6.92 Å². The molecule has 35 heavy (non-hydrogen) atoms. The van der Waals surface area contributed by atoms with E-state index in [2.05, 4.69) is 28.2 Å². The van der Waals surface area contributed by atoms with Crippen molar-refractivity contribution in [1.29, 1.82) is 0 Å². The Balaban J connectivity index is 1.27. The number of rotatable bonds is 8. The maximum absolute atomic E-state index is 6.21. The Morgan fingerprint density at radius 1 is 0.971 bits per heavy atom. The maximum atomic E-state index is 6.21. The SMILES string of the molecule is Cc1cc(Nc2cc(Oc3ccc(N)c4ccccc34)ccn2)cc(OCCN2CCOCC2)c1. The summed E-state index contributed by atoms with van der Waals surface area (Å²) in [5.74, 6) is 2.96. The van der Waals surface area contributed by atoms with Gasteiger partial charge in [0, 0.05) is 60.1 Å². The average Bonchev–Trinajstić information content (AvgIpc) is 2.87. The lowest BCUT2D eigenvalue weighted by Crippen LogP contribution is -2.38. The van der Waals surface area contributed by atoms with E-state index in [-0.39, 0.29) is 0 Å². The summed E-state index contributed by atoms with van der Waals surface area (Å²) in [4.78, 5) is 6.82. The number of hydrogen-bond donors (Lipinski definition) is 2. The highest BCUT2D eigenvalue weighted by Crippen LogP contribution is 2.34. The highest BCUT2D eigenvalue weighted by molar-refractivity contribution is 5.97. The molecule has 0 amide bonds. The smallest absolute Gasteiger partial charge is 0.135 e. The number of nitrogen functional groups attached to an aromatic ring is 1. The summed E-state index contributed by atoms with van der Waals surface area (Å²) in [5, 5.41) is 5.32. The molecule has 5 rings (SSSR count). The van der Waals surface area contributed by atoms with Crippen LogP contribution in [0.25, 0.3) is 10.8 Å². The second kappa shape index (κ2) is 10.6. The van der Waals surface area contributed by atoms with Crippen LogP contribution in [0.1, 0.15) is 5.56 Å². The summed E-state index contributed by atoms with van der Waals surface area (Å²) >= 11 is 0. The molecule has 1 aliphatic heterocycles. The molecule has 7 nitrogen and oxygen atoms in total. The van der Waals surface area contributed by atoms with Gasteiger partial charge in [-0.3, -0.25) is 4.90 Å². The number of nitrogens with one attached hydrogen (secondary N) is 1. The van der Waals surface area contributed by atoms with Gasteiger partial charge in [0.2, 0.25) is 0 Å². The number of benzene rings is 3. The van der Waals surface area contributed by atoms with E-state index >= 15 is 0 Å². The number of fused-ring (bicyclic) bond motifs is 1. The highest BCUT2D eigenvalue weighted by Gasteiger charge is 2.11. The van der Waals surface area contributed by atoms with Crippen molar-refractivity contribution >= 4 is 28.0 Å². The quantitative estimate of drug-likeness (QED) is 0.335. The molecule has 2 heterocycles. The molecule has 0 saturated carbocycles. The fourth-order valence-corrected chi connectivity index (χ4v) is 4.22. The second-order valence-corrected chi connectivity index (χ2v) is 8.64. The Hall–Kier alpha value is -3.81. The third-order valence-corrected chi connectivity index (χ3v) is 5.98. The van der Waals surface area contributed by atoms with Gasteiger partial charge < -0.3 is 25.3 Å². The summed E-state index contributed by atoms with van der Waals surface area (Å²) in [6.45, 7) is 7.09. The van der Waals surface area contributed by atoms with E-state index in [1.54, 1.807) is 6.20 Å². The van der Waals surface area contributed by atoms with Gasteiger partial charge >= 0.3 is 0 Å². The fourth-order valence-electron chi connectivity index (χ4n) is 4.22.